The molecule has 2 aromatic rings. The number of alkyl halides is 1. The maximum absolute atomic E-state index is 12.8. The summed E-state index contributed by atoms with van der Waals surface area (Å²) in [5.41, 5.74) is 2.14. The molecule has 138 valence electrons. The molecule has 1 aliphatic carbocycles. The molecule has 1 aliphatic rings. The smallest absolute Gasteiger partial charge is 0.228 e. The molecule has 1 amide bonds. The SMILES string of the molecule is O=C(CCCl)N(c1ccc(Cl)cc1)C1CCCC1NCc1ccccc1. The number of nitrogens with zero attached hydrogens (tertiary/aromatic N) is 1. The van der Waals surface area contributed by atoms with Crippen LogP contribution in [0, 0.1) is 0 Å². The summed E-state index contributed by atoms with van der Waals surface area (Å²) in [5.74, 6) is 0.401. The van der Waals surface area contributed by atoms with Crippen molar-refractivity contribution in [1.29, 1.82) is 0 Å². The Bertz CT molecular complexity index is 706. The molecule has 1 fully saturated rings. The predicted octanol–water partition coefficient (Wildman–Crippen LogP) is 5.01. The molecule has 0 aromatic heterocycles. The lowest BCUT2D eigenvalue weighted by atomic mass is 10.1. The Hall–Kier alpha value is -1.55. The number of nitrogens with one attached hydrogen (secondary N) is 1. The minimum atomic E-state index is 0.0701. The fourth-order valence-electron chi connectivity index (χ4n) is 3.66. The molecule has 1 N–H and O–H groups in total. The number of hydrogen-bond acceptors (Lipinski definition) is 2. The van der Waals surface area contributed by atoms with Crippen molar-refractivity contribution in [1.82, 2.24) is 5.32 Å². The molecular formula is C21H24Cl2N2O. The van der Waals surface area contributed by atoms with E-state index in [1.165, 1.54) is 5.56 Å². The summed E-state index contributed by atoms with van der Waals surface area (Å²) in [6.07, 6.45) is 3.50. The highest BCUT2D eigenvalue weighted by molar-refractivity contribution is 6.30. The zero-order valence-electron chi connectivity index (χ0n) is 14.7. The average molecular weight is 391 g/mol. The first-order valence-electron chi connectivity index (χ1n) is 9.10. The van der Waals surface area contributed by atoms with Crippen molar-refractivity contribution in [3.8, 4) is 0 Å². The van der Waals surface area contributed by atoms with Crippen LogP contribution in [0.4, 0.5) is 5.69 Å². The van der Waals surface area contributed by atoms with Gasteiger partial charge in [0.1, 0.15) is 0 Å². The molecule has 1 saturated carbocycles. The Morgan fingerprint density at radius 2 is 1.81 bits per heavy atom. The van der Waals surface area contributed by atoms with Crippen LogP contribution in [0.3, 0.4) is 0 Å². The fourth-order valence-corrected chi connectivity index (χ4v) is 3.94. The highest BCUT2D eigenvalue weighted by Gasteiger charge is 2.35. The number of hydrogen-bond donors (Lipinski definition) is 1. The van der Waals surface area contributed by atoms with E-state index in [2.05, 4.69) is 17.4 Å². The van der Waals surface area contributed by atoms with Crippen LogP contribution in [0.25, 0.3) is 0 Å². The third kappa shape index (κ3) is 4.79. The second-order valence-electron chi connectivity index (χ2n) is 6.65. The van der Waals surface area contributed by atoms with Gasteiger partial charge in [-0.15, -0.1) is 11.6 Å². The highest BCUT2D eigenvalue weighted by atomic mass is 35.5. The number of carbonyl (C=O) groups excluding carboxylic acids is 1. The van der Waals surface area contributed by atoms with E-state index in [0.29, 0.717) is 17.3 Å². The van der Waals surface area contributed by atoms with Gasteiger partial charge in [-0.05, 0) is 49.1 Å². The van der Waals surface area contributed by atoms with Gasteiger partial charge in [-0.1, -0.05) is 41.9 Å². The minimum absolute atomic E-state index is 0.0701. The molecule has 3 nitrogen and oxygen atoms in total. The molecule has 0 saturated heterocycles. The largest absolute Gasteiger partial charge is 0.308 e. The lowest BCUT2D eigenvalue weighted by Gasteiger charge is -2.34. The van der Waals surface area contributed by atoms with Crippen molar-refractivity contribution in [2.75, 3.05) is 10.8 Å². The number of rotatable bonds is 7. The zero-order chi connectivity index (χ0) is 18.4. The number of carbonyl (C=O) groups is 1. The van der Waals surface area contributed by atoms with E-state index in [4.69, 9.17) is 23.2 Å². The Kier molecular flexibility index (Phi) is 6.95. The predicted molar refractivity (Wildman–Crippen MR) is 109 cm³/mol. The van der Waals surface area contributed by atoms with E-state index in [1.54, 1.807) is 0 Å². The fraction of sp³-hybridized carbons (Fsp3) is 0.381. The molecule has 0 heterocycles. The van der Waals surface area contributed by atoms with Gasteiger partial charge in [0.15, 0.2) is 0 Å². The van der Waals surface area contributed by atoms with Gasteiger partial charge < -0.3 is 10.2 Å². The van der Waals surface area contributed by atoms with E-state index in [0.717, 1.165) is 31.5 Å². The second-order valence-corrected chi connectivity index (χ2v) is 7.46. The topological polar surface area (TPSA) is 32.3 Å². The molecular weight excluding hydrogens is 367 g/mol. The van der Waals surface area contributed by atoms with E-state index in [1.807, 2.05) is 47.4 Å². The number of halogens is 2. The van der Waals surface area contributed by atoms with Gasteiger partial charge in [0.25, 0.3) is 0 Å². The van der Waals surface area contributed by atoms with Crippen LogP contribution in [-0.4, -0.2) is 23.9 Å². The quantitative estimate of drug-likeness (QED) is 0.673. The van der Waals surface area contributed by atoms with E-state index in [9.17, 15) is 4.79 Å². The average Bonchev–Trinajstić information content (AvgIpc) is 3.11. The molecule has 2 aromatic carbocycles. The summed E-state index contributed by atoms with van der Waals surface area (Å²) in [4.78, 5) is 14.7. The number of benzene rings is 2. The molecule has 0 radical (unpaired) electrons. The van der Waals surface area contributed by atoms with Gasteiger partial charge in [0.05, 0.1) is 6.04 Å². The summed E-state index contributed by atoms with van der Waals surface area (Å²) < 4.78 is 0. The zero-order valence-corrected chi connectivity index (χ0v) is 16.2. The molecule has 2 unspecified atom stereocenters. The highest BCUT2D eigenvalue weighted by Crippen LogP contribution is 2.30. The van der Waals surface area contributed by atoms with E-state index >= 15 is 0 Å². The first-order valence-corrected chi connectivity index (χ1v) is 10.0. The molecule has 26 heavy (non-hydrogen) atoms. The molecule has 0 aliphatic heterocycles. The second kappa shape index (κ2) is 9.40. The Morgan fingerprint density at radius 1 is 1.08 bits per heavy atom. The van der Waals surface area contributed by atoms with Crippen LogP contribution in [0.5, 0.6) is 0 Å². The van der Waals surface area contributed by atoms with Gasteiger partial charge in [-0.2, -0.15) is 0 Å². The van der Waals surface area contributed by atoms with Crippen molar-refractivity contribution < 1.29 is 4.79 Å². The Labute approximate surface area is 165 Å². The Balaban J connectivity index is 1.77. The standard InChI is InChI=1S/C21H24Cl2N2O/c22-14-13-21(26)25(18-11-9-17(23)10-12-18)20-8-4-7-19(20)24-15-16-5-2-1-3-6-16/h1-3,5-6,9-12,19-20,24H,4,7-8,13-15H2. The van der Waals surface area contributed by atoms with E-state index < -0.39 is 0 Å². The minimum Gasteiger partial charge on any atom is -0.308 e. The van der Waals surface area contributed by atoms with E-state index in [-0.39, 0.29) is 18.0 Å². The molecule has 0 spiro atoms. The maximum Gasteiger partial charge on any atom is 0.228 e. The first-order chi connectivity index (χ1) is 12.7. The molecule has 3 rings (SSSR count). The van der Waals surface area contributed by atoms with Gasteiger partial charge in [0.2, 0.25) is 5.91 Å². The van der Waals surface area contributed by atoms with Gasteiger partial charge in [0, 0.05) is 35.6 Å². The summed E-state index contributed by atoms with van der Waals surface area (Å²) >= 11 is 11.9. The third-order valence-corrected chi connectivity index (χ3v) is 5.35. The van der Waals surface area contributed by atoms with Crippen molar-refractivity contribution in [3.05, 3.63) is 65.2 Å². The van der Waals surface area contributed by atoms with Crippen LogP contribution < -0.4 is 10.2 Å². The van der Waals surface area contributed by atoms with Gasteiger partial charge in [-0.3, -0.25) is 4.79 Å². The lowest BCUT2D eigenvalue weighted by molar-refractivity contribution is -0.118. The van der Waals surface area contributed by atoms with Crippen LogP contribution in [0.1, 0.15) is 31.2 Å². The Morgan fingerprint density at radius 3 is 2.50 bits per heavy atom. The normalized spacial score (nSPS) is 19.5. The summed E-state index contributed by atoms with van der Waals surface area (Å²) in [6.45, 7) is 0.806. The summed E-state index contributed by atoms with van der Waals surface area (Å²) in [6, 6.07) is 18.3. The van der Waals surface area contributed by atoms with Crippen molar-refractivity contribution in [2.45, 2.75) is 44.3 Å². The number of amides is 1. The number of anilines is 1. The molecule has 5 heteroatoms. The maximum atomic E-state index is 12.8. The van der Waals surface area contributed by atoms with Crippen LogP contribution >= 0.6 is 23.2 Å². The summed E-state index contributed by atoms with van der Waals surface area (Å²) in [5, 5.41) is 4.32. The van der Waals surface area contributed by atoms with Crippen LogP contribution in [-0.2, 0) is 11.3 Å². The van der Waals surface area contributed by atoms with Crippen LogP contribution in [0.15, 0.2) is 54.6 Å². The molecule has 0 bridgehead atoms. The van der Waals surface area contributed by atoms with Crippen molar-refractivity contribution >= 4 is 34.8 Å². The molecule has 2 atom stereocenters. The lowest BCUT2D eigenvalue weighted by Crippen LogP contribution is -2.49. The third-order valence-electron chi connectivity index (χ3n) is 4.90. The van der Waals surface area contributed by atoms with Gasteiger partial charge in [-0.25, -0.2) is 0 Å². The van der Waals surface area contributed by atoms with Crippen molar-refractivity contribution in [3.63, 3.8) is 0 Å². The monoisotopic (exact) mass is 390 g/mol. The van der Waals surface area contributed by atoms with Crippen molar-refractivity contribution in [2.24, 2.45) is 0 Å². The van der Waals surface area contributed by atoms with Gasteiger partial charge >= 0.3 is 0 Å². The summed E-state index contributed by atoms with van der Waals surface area (Å²) in [7, 11) is 0. The van der Waals surface area contributed by atoms with Crippen LogP contribution in [0.2, 0.25) is 5.02 Å². The first kappa shape index (κ1) is 19.2.